The summed E-state index contributed by atoms with van der Waals surface area (Å²) in [4.78, 5) is 24.1. The molecular formula is C23H23N5O. The number of amides is 1. The number of hydrogen-bond donors (Lipinski definition) is 0. The number of benzene rings is 2. The number of carbonyl (C=O) groups excluding carboxylic acids is 1. The number of nitrogens with zero attached hydrogens (tertiary/aromatic N) is 5. The van der Waals surface area contributed by atoms with Crippen molar-refractivity contribution in [1.29, 1.82) is 0 Å². The topological polar surface area (TPSA) is 63.4 Å². The van der Waals surface area contributed by atoms with Crippen molar-refractivity contribution in [3.63, 3.8) is 0 Å². The number of carbonyl (C=O) groups is 1. The molecule has 29 heavy (non-hydrogen) atoms. The monoisotopic (exact) mass is 385 g/mol. The SMILES string of the molecule is Cc1ccc(N(Cc2nc3nc(C)cc(C)n3n2)C(=O)c2cccc(C)c2)cc1. The van der Waals surface area contributed by atoms with Crippen LogP contribution >= 0.6 is 0 Å². The van der Waals surface area contributed by atoms with E-state index in [1.807, 2.05) is 82.3 Å². The molecule has 6 nitrogen and oxygen atoms in total. The molecule has 0 saturated carbocycles. The quantitative estimate of drug-likeness (QED) is 0.528. The van der Waals surface area contributed by atoms with Crippen LogP contribution in [0.1, 0.15) is 38.7 Å². The molecule has 2 heterocycles. The van der Waals surface area contributed by atoms with Crippen molar-refractivity contribution in [2.24, 2.45) is 0 Å². The van der Waals surface area contributed by atoms with Crippen LogP contribution in [-0.2, 0) is 6.54 Å². The van der Waals surface area contributed by atoms with Crippen LogP contribution in [0.5, 0.6) is 0 Å². The van der Waals surface area contributed by atoms with Crippen molar-refractivity contribution in [3.8, 4) is 0 Å². The zero-order valence-electron chi connectivity index (χ0n) is 17.0. The van der Waals surface area contributed by atoms with Gasteiger partial charge >= 0.3 is 0 Å². The van der Waals surface area contributed by atoms with E-state index in [0.29, 0.717) is 17.2 Å². The Kier molecular flexibility index (Phi) is 4.84. The standard InChI is InChI=1S/C23H23N5O/c1-15-8-10-20(11-9-15)27(22(29)19-7-5-6-16(2)12-19)14-21-25-23-24-17(3)13-18(4)28(23)26-21/h5-13H,14H2,1-4H3. The predicted molar refractivity (Wildman–Crippen MR) is 113 cm³/mol. The fourth-order valence-corrected chi connectivity index (χ4v) is 3.36. The van der Waals surface area contributed by atoms with Gasteiger partial charge in [0.2, 0.25) is 0 Å². The van der Waals surface area contributed by atoms with Gasteiger partial charge in [-0.05, 0) is 58.0 Å². The molecule has 0 atom stereocenters. The number of aryl methyl sites for hydroxylation is 4. The molecule has 4 rings (SSSR count). The normalized spacial score (nSPS) is 11.0. The van der Waals surface area contributed by atoms with Crippen LogP contribution in [0.25, 0.3) is 5.78 Å². The molecule has 0 fully saturated rings. The van der Waals surface area contributed by atoms with Crippen LogP contribution in [0.15, 0.2) is 54.6 Å². The molecule has 146 valence electrons. The number of aromatic nitrogens is 4. The Morgan fingerprint density at radius 3 is 2.41 bits per heavy atom. The van der Waals surface area contributed by atoms with E-state index in [9.17, 15) is 4.79 Å². The van der Waals surface area contributed by atoms with Gasteiger partial charge in [-0.15, -0.1) is 5.10 Å². The average molecular weight is 385 g/mol. The minimum Gasteiger partial charge on any atom is -0.301 e. The molecule has 0 bridgehead atoms. The van der Waals surface area contributed by atoms with E-state index in [2.05, 4.69) is 15.1 Å². The van der Waals surface area contributed by atoms with E-state index in [4.69, 9.17) is 0 Å². The van der Waals surface area contributed by atoms with Gasteiger partial charge in [-0.25, -0.2) is 9.50 Å². The summed E-state index contributed by atoms with van der Waals surface area (Å²) in [6, 6.07) is 17.5. The second-order valence-electron chi connectivity index (χ2n) is 7.38. The van der Waals surface area contributed by atoms with Crippen LogP contribution in [-0.4, -0.2) is 25.5 Å². The van der Waals surface area contributed by atoms with E-state index in [0.717, 1.165) is 28.2 Å². The zero-order valence-corrected chi connectivity index (χ0v) is 17.0. The smallest absolute Gasteiger partial charge is 0.258 e. The van der Waals surface area contributed by atoms with Crippen LogP contribution in [0.2, 0.25) is 0 Å². The minimum atomic E-state index is -0.0859. The third-order valence-electron chi connectivity index (χ3n) is 4.82. The second-order valence-corrected chi connectivity index (χ2v) is 7.38. The Balaban J connectivity index is 1.75. The van der Waals surface area contributed by atoms with Crippen molar-refractivity contribution in [2.45, 2.75) is 34.2 Å². The fourth-order valence-electron chi connectivity index (χ4n) is 3.36. The summed E-state index contributed by atoms with van der Waals surface area (Å²) in [6.07, 6.45) is 0. The first-order valence-electron chi connectivity index (χ1n) is 9.56. The maximum absolute atomic E-state index is 13.4. The van der Waals surface area contributed by atoms with Gasteiger partial charge in [-0.2, -0.15) is 4.98 Å². The Bertz CT molecular complexity index is 1190. The van der Waals surface area contributed by atoms with Crippen LogP contribution in [0.4, 0.5) is 5.69 Å². The highest BCUT2D eigenvalue weighted by Gasteiger charge is 2.21. The third-order valence-corrected chi connectivity index (χ3v) is 4.82. The highest BCUT2D eigenvalue weighted by molar-refractivity contribution is 6.06. The highest BCUT2D eigenvalue weighted by Crippen LogP contribution is 2.21. The van der Waals surface area contributed by atoms with E-state index < -0.39 is 0 Å². The van der Waals surface area contributed by atoms with E-state index in [1.165, 1.54) is 0 Å². The van der Waals surface area contributed by atoms with Gasteiger partial charge < -0.3 is 4.90 Å². The first kappa shape index (κ1) is 18.8. The lowest BCUT2D eigenvalue weighted by atomic mass is 10.1. The number of anilines is 1. The summed E-state index contributed by atoms with van der Waals surface area (Å²) >= 11 is 0. The van der Waals surface area contributed by atoms with Crippen molar-refractivity contribution in [1.82, 2.24) is 19.6 Å². The van der Waals surface area contributed by atoms with E-state index >= 15 is 0 Å². The molecule has 2 aromatic heterocycles. The maximum atomic E-state index is 13.4. The molecule has 0 N–H and O–H groups in total. The first-order chi connectivity index (χ1) is 13.9. The lowest BCUT2D eigenvalue weighted by Gasteiger charge is -2.22. The van der Waals surface area contributed by atoms with E-state index in [1.54, 1.807) is 9.42 Å². The number of rotatable bonds is 4. The van der Waals surface area contributed by atoms with Gasteiger partial charge in [0.05, 0.1) is 6.54 Å². The van der Waals surface area contributed by atoms with Crippen LogP contribution < -0.4 is 4.90 Å². The summed E-state index contributed by atoms with van der Waals surface area (Å²) in [5.41, 5.74) is 5.47. The van der Waals surface area contributed by atoms with Crippen LogP contribution in [0, 0.1) is 27.7 Å². The van der Waals surface area contributed by atoms with Crippen molar-refractivity contribution < 1.29 is 4.79 Å². The lowest BCUT2D eigenvalue weighted by Crippen LogP contribution is -2.31. The lowest BCUT2D eigenvalue weighted by molar-refractivity contribution is 0.0984. The van der Waals surface area contributed by atoms with E-state index in [-0.39, 0.29) is 12.5 Å². The molecule has 0 aliphatic rings. The molecule has 6 heteroatoms. The molecular weight excluding hydrogens is 362 g/mol. The molecule has 0 aliphatic carbocycles. The Labute approximate surface area is 169 Å². The number of hydrogen-bond acceptors (Lipinski definition) is 4. The van der Waals surface area contributed by atoms with Gasteiger partial charge in [0.25, 0.3) is 11.7 Å². The Morgan fingerprint density at radius 1 is 0.931 bits per heavy atom. The summed E-state index contributed by atoms with van der Waals surface area (Å²) in [6.45, 7) is 8.17. The zero-order chi connectivity index (χ0) is 20.5. The largest absolute Gasteiger partial charge is 0.301 e. The molecule has 4 aromatic rings. The molecule has 0 aliphatic heterocycles. The van der Waals surface area contributed by atoms with Crippen molar-refractivity contribution >= 4 is 17.4 Å². The van der Waals surface area contributed by atoms with Gasteiger partial charge in [-0.1, -0.05) is 35.4 Å². The molecule has 1 amide bonds. The molecule has 0 unspecified atom stereocenters. The average Bonchev–Trinajstić information content (AvgIpc) is 3.09. The predicted octanol–water partition coefficient (Wildman–Crippen LogP) is 4.20. The third kappa shape index (κ3) is 3.87. The first-order valence-corrected chi connectivity index (χ1v) is 9.56. The molecule has 0 saturated heterocycles. The Morgan fingerprint density at radius 2 is 1.69 bits per heavy atom. The Hall–Kier alpha value is -3.54. The highest BCUT2D eigenvalue weighted by atomic mass is 16.2. The number of fused-ring (bicyclic) bond motifs is 1. The molecule has 0 spiro atoms. The molecule has 2 aromatic carbocycles. The van der Waals surface area contributed by atoms with Gasteiger partial charge in [0.15, 0.2) is 5.82 Å². The fraction of sp³-hybridized carbons (Fsp3) is 0.217. The summed E-state index contributed by atoms with van der Waals surface area (Å²) < 4.78 is 1.72. The van der Waals surface area contributed by atoms with Gasteiger partial charge in [-0.3, -0.25) is 4.79 Å². The van der Waals surface area contributed by atoms with Crippen LogP contribution in [0.3, 0.4) is 0 Å². The van der Waals surface area contributed by atoms with Gasteiger partial charge in [0.1, 0.15) is 0 Å². The van der Waals surface area contributed by atoms with Gasteiger partial charge in [0, 0.05) is 22.6 Å². The summed E-state index contributed by atoms with van der Waals surface area (Å²) in [5.74, 6) is 1.01. The second kappa shape index (κ2) is 7.47. The summed E-state index contributed by atoms with van der Waals surface area (Å²) in [7, 11) is 0. The minimum absolute atomic E-state index is 0.0859. The van der Waals surface area contributed by atoms with Crippen molar-refractivity contribution in [2.75, 3.05) is 4.90 Å². The van der Waals surface area contributed by atoms with Crippen molar-refractivity contribution in [3.05, 3.63) is 88.5 Å². The molecule has 0 radical (unpaired) electrons. The summed E-state index contributed by atoms with van der Waals surface area (Å²) in [5, 5.41) is 4.58. The maximum Gasteiger partial charge on any atom is 0.258 e.